The number of hydrogen-bond acceptors (Lipinski definition) is 4. The quantitative estimate of drug-likeness (QED) is 0.386. The summed E-state index contributed by atoms with van der Waals surface area (Å²) < 4.78 is 61.6. The molecule has 0 atom stereocenters. The molecule has 0 saturated heterocycles. The first-order valence-corrected chi connectivity index (χ1v) is 9.17. The maximum atomic E-state index is 10.7. The highest BCUT2D eigenvalue weighted by Crippen LogP contribution is 2.20. The lowest BCUT2D eigenvalue weighted by Gasteiger charge is -2.08. The van der Waals surface area contributed by atoms with Crippen LogP contribution in [0.1, 0.15) is 0 Å². The van der Waals surface area contributed by atoms with E-state index in [4.69, 9.17) is 18.1 Å². The maximum Gasteiger partial charge on any atom is 0.485 e. The molecule has 0 aliphatic carbocycles. The number of aromatic hydroxyl groups is 1. The van der Waals surface area contributed by atoms with Gasteiger partial charge < -0.3 is 9.66 Å². The fraction of sp³-hybridized carbons (Fsp3) is 0.0769. The molecule has 0 saturated carbocycles. The summed E-state index contributed by atoms with van der Waals surface area (Å²) in [5, 5.41) is 9.13. The molecule has 4 nitrogen and oxygen atoms in total. The third-order valence-electron chi connectivity index (χ3n) is 2.06. The van der Waals surface area contributed by atoms with Gasteiger partial charge in [0, 0.05) is 0 Å². The van der Waals surface area contributed by atoms with Crippen molar-refractivity contribution in [2.45, 2.75) is 5.51 Å². The Morgan fingerprint density at radius 2 is 1.32 bits per heavy atom. The summed E-state index contributed by atoms with van der Waals surface area (Å²) in [4.78, 5) is 0. The number of halogens is 4. The van der Waals surface area contributed by atoms with Crippen LogP contribution in [0.25, 0.3) is 0 Å². The summed E-state index contributed by atoms with van der Waals surface area (Å²) in [6, 6.07) is 18.0. The summed E-state index contributed by atoms with van der Waals surface area (Å²) in [5.41, 5.74) is -5.65. The number of rotatable bonds is 2. The van der Waals surface area contributed by atoms with E-state index in [-0.39, 0.29) is 21.2 Å². The third kappa shape index (κ3) is 6.62. The zero-order chi connectivity index (χ0) is 16.8. The van der Waals surface area contributed by atoms with Gasteiger partial charge in [0.15, 0.2) is 17.3 Å². The molecule has 0 aromatic heterocycles. The van der Waals surface area contributed by atoms with Gasteiger partial charge in [-0.1, -0.05) is 18.2 Å². The number of hydrogen-bond donors (Lipinski definition) is 1. The predicted octanol–water partition coefficient (Wildman–Crippen LogP) is -0.428. The first-order chi connectivity index (χ1) is 10.1. The average Bonchev–Trinajstić information content (AvgIpc) is 2.41. The molecule has 120 valence electrons. The number of phenols is 1. The predicted molar refractivity (Wildman–Crippen MR) is 67.7 cm³/mol. The Bertz CT molecular complexity index is 685. The summed E-state index contributed by atoms with van der Waals surface area (Å²) >= 11 is -0.0952. The van der Waals surface area contributed by atoms with Gasteiger partial charge in [-0.3, -0.25) is 0 Å². The van der Waals surface area contributed by atoms with Gasteiger partial charge in [-0.25, -0.2) is 8.42 Å². The Morgan fingerprint density at radius 1 is 0.909 bits per heavy atom. The molecule has 0 spiro atoms. The molecule has 0 amide bonds. The lowest BCUT2D eigenvalue weighted by Crippen LogP contribution is -3.61. The van der Waals surface area contributed by atoms with Gasteiger partial charge in [0.05, 0.1) is 0 Å². The highest BCUT2D eigenvalue weighted by Gasteiger charge is 2.36. The van der Waals surface area contributed by atoms with Crippen LogP contribution in [0, 0.1) is 7.14 Å². The Kier molecular flexibility index (Phi) is 6.63. The van der Waals surface area contributed by atoms with Crippen LogP contribution in [0.5, 0.6) is 5.75 Å². The molecule has 0 aliphatic heterocycles. The lowest BCUT2D eigenvalue weighted by molar-refractivity contribution is -0.597. The van der Waals surface area contributed by atoms with Crippen molar-refractivity contribution in [3.63, 3.8) is 0 Å². The highest BCUT2D eigenvalue weighted by atomic mass is 127. The van der Waals surface area contributed by atoms with E-state index in [1.54, 1.807) is 12.1 Å². The molecule has 2 aromatic carbocycles. The van der Waals surface area contributed by atoms with Gasteiger partial charge in [-0.05, 0) is 36.4 Å². The van der Waals surface area contributed by atoms with Crippen molar-refractivity contribution in [2.75, 3.05) is 0 Å². The summed E-state index contributed by atoms with van der Waals surface area (Å²) in [7, 11) is -6.09. The SMILES string of the molecule is O=S(=O)([O-])C(F)(F)F.Oc1ccc([I+]c2ccccc2)cc1. The Hall–Kier alpha value is -1.33. The molecule has 0 bridgehead atoms. The molecule has 0 aliphatic rings. The van der Waals surface area contributed by atoms with Crippen LogP contribution in [-0.2, 0) is 10.1 Å². The summed E-state index contributed by atoms with van der Waals surface area (Å²) in [6.45, 7) is 0. The molecule has 0 unspecified atom stereocenters. The van der Waals surface area contributed by atoms with Crippen LogP contribution in [0.3, 0.4) is 0 Å². The lowest BCUT2D eigenvalue weighted by atomic mass is 10.3. The minimum absolute atomic E-state index is 0.0952. The van der Waals surface area contributed by atoms with Gasteiger partial charge in [0.2, 0.25) is 0 Å². The summed E-state index contributed by atoms with van der Waals surface area (Å²) in [6.07, 6.45) is 0. The van der Waals surface area contributed by atoms with Crippen LogP contribution in [0.4, 0.5) is 13.2 Å². The van der Waals surface area contributed by atoms with Crippen molar-refractivity contribution in [1.82, 2.24) is 0 Å². The van der Waals surface area contributed by atoms with Crippen molar-refractivity contribution < 1.29 is 52.5 Å². The van der Waals surface area contributed by atoms with Gasteiger partial charge >= 0.3 is 26.7 Å². The Labute approximate surface area is 135 Å². The Balaban J connectivity index is 0.000000261. The second-order valence-corrected chi connectivity index (χ2v) is 8.17. The standard InChI is InChI=1S/C12H9IO.CHF3O3S/c14-12-8-6-11(7-9-12)13-10-4-2-1-3-5-10;2-1(3,4)8(5,6)7/h1-9H;(H,5,6,7). The van der Waals surface area contributed by atoms with Gasteiger partial charge in [-0.2, -0.15) is 13.2 Å². The van der Waals surface area contributed by atoms with E-state index in [2.05, 4.69) is 24.3 Å². The fourth-order valence-corrected chi connectivity index (χ4v) is 3.32. The van der Waals surface area contributed by atoms with Crippen molar-refractivity contribution in [3.05, 3.63) is 61.7 Å². The first kappa shape index (κ1) is 18.7. The molecular weight excluding hydrogens is 436 g/mol. The Morgan fingerprint density at radius 3 is 1.73 bits per heavy atom. The minimum Gasteiger partial charge on any atom is -0.741 e. The first-order valence-electron chi connectivity index (χ1n) is 5.60. The fourth-order valence-electron chi connectivity index (χ4n) is 1.11. The van der Waals surface area contributed by atoms with E-state index in [1.807, 2.05) is 18.2 Å². The smallest absolute Gasteiger partial charge is 0.485 e. The molecule has 2 aromatic rings. The molecule has 0 fully saturated rings. The molecule has 22 heavy (non-hydrogen) atoms. The van der Waals surface area contributed by atoms with E-state index in [1.165, 1.54) is 7.14 Å². The average molecular weight is 446 g/mol. The molecule has 0 heterocycles. The van der Waals surface area contributed by atoms with Gasteiger partial charge in [-0.15, -0.1) is 0 Å². The molecule has 1 N–H and O–H groups in total. The van der Waals surface area contributed by atoms with Gasteiger partial charge in [0.1, 0.15) is 5.75 Å². The van der Waals surface area contributed by atoms with Crippen molar-refractivity contribution in [3.8, 4) is 5.75 Å². The van der Waals surface area contributed by atoms with E-state index in [0.29, 0.717) is 5.75 Å². The van der Waals surface area contributed by atoms with E-state index >= 15 is 0 Å². The van der Waals surface area contributed by atoms with Crippen LogP contribution >= 0.6 is 0 Å². The van der Waals surface area contributed by atoms with Crippen LogP contribution in [0.15, 0.2) is 54.6 Å². The van der Waals surface area contributed by atoms with Crippen molar-refractivity contribution in [1.29, 1.82) is 0 Å². The van der Waals surface area contributed by atoms with Crippen molar-refractivity contribution in [2.24, 2.45) is 0 Å². The third-order valence-corrected chi connectivity index (χ3v) is 5.31. The normalized spacial score (nSPS) is 11.5. The topological polar surface area (TPSA) is 77.4 Å². The molecule has 0 radical (unpaired) electrons. The molecule has 9 heteroatoms. The zero-order valence-electron chi connectivity index (χ0n) is 10.8. The van der Waals surface area contributed by atoms with Crippen LogP contribution in [-0.4, -0.2) is 23.6 Å². The van der Waals surface area contributed by atoms with E-state index in [9.17, 15) is 13.2 Å². The largest absolute Gasteiger partial charge is 0.741 e. The number of alkyl halides is 3. The zero-order valence-corrected chi connectivity index (χ0v) is 13.8. The van der Waals surface area contributed by atoms with Crippen molar-refractivity contribution >= 4 is 10.1 Å². The molecule has 2 rings (SSSR count). The minimum atomic E-state index is -6.09. The molecular formula is C13H10F3IO4S. The highest BCUT2D eigenvalue weighted by molar-refractivity contribution is 7.86. The summed E-state index contributed by atoms with van der Waals surface area (Å²) in [5.74, 6) is 0.339. The van der Waals surface area contributed by atoms with E-state index in [0.717, 1.165) is 0 Å². The second kappa shape index (κ2) is 7.79. The number of phenolic OH excluding ortho intramolecular Hbond substituents is 1. The van der Waals surface area contributed by atoms with E-state index < -0.39 is 15.6 Å². The van der Waals surface area contributed by atoms with Crippen LogP contribution in [0.2, 0.25) is 0 Å². The second-order valence-electron chi connectivity index (χ2n) is 3.77. The maximum absolute atomic E-state index is 10.7. The monoisotopic (exact) mass is 446 g/mol. The van der Waals surface area contributed by atoms with Gasteiger partial charge in [0.25, 0.3) is 0 Å². The van der Waals surface area contributed by atoms with Crippen LogP contribution < -0.4 is 21.2 Å². The number of benzene rings is 2.